The number of nitrogens with two attached hydrogens (primary N) is 1. The molecule has 0 bridgehead atoms. The molecule has 1 aromatic heterocycles. The number of hydrogen-bond acceptors (Lipinski definition) is 5. The van der Waals surface area contributed by atoms with Gasteiger partial charge in [0.1, 0.15) is 11.5 Å². The second-order valence-corrected chi connectivity index (χ2v) is 6.47. The Labute approximate surface area is 148 Å². The van der Waals surface area contributed by atoms with Gasteiger partial charge in [0, 0.05) is 32.2 Å². The highest BCUT2D eigenvalue weighted by molar-refractivity contribution is 5.90. The van der Waals surface area contributed by atoms with Crippen LogP contribution >= 0.6 is 0 Å². The minimum atomic E-state index is -0.540. The molecular formula is C19H25N5O. The Morgan fingerprint density at radius 1 is 1.24 bits per heavy atom. The number of benzene rings is 1. The number of hydrogen-bond donors (Lipinski definition) is 1. The van der Waals surface area contributed by atoms with Gasteiger partial charge in [-0.25, -0.2) is 4.98 Å². The third-order valence-corrected chi connectivity index (χ3v) is 4.65. The van der Waals surface area contributed by atoms with Crippen LogP contribution in [0.15, 0.2) is 42.7 Å². The number of amides is 1. The van der Waals surface area contributed by atoms with Gasteiger partial charge in [0.15, 0.2) is 0 Å². The number of nitrogens with zero attached hydrogens (tertiary/aromatic N) is 4. The standard InChI is InChI=1S/C19H25N5O/c1-2-6-16-14-24(18-12-21-11-17(22-18)19(20)25)10-9-23(16)13-15-7-4-3-5-8-15/h3-5,7-8,11-12,16H,2,6,9-10,13-14H2,1H3,(H2,20,25). The number of aromatic nitrogens is 2. The van der Waals surface area contributed by atoms with Gasteiger partial charge < -0.3 is 10.6 Å². The van der Waals surface area contributed by atoms with Gasteiger partial charge in [-0.15, -0.1) is 0 Å². The molecule has 1 aromatic carbocycles. The maximum atomic E-state index is 11.4. The van der Waals surface area contributed by atoms with Gasteiger partial charge >= 0.3 is 0 Å². The van der Waals surface area contributed by atoms with E-state index in [-0.39, 0.29) is 5.69 Å². The molecule has 6 heteroatoms. The minimum absolute atomic E-state index is 0.219. The predicted molar refractivity (Wildman–Crippen MR) is 98.3 cm³/mol. The van der Waals surface area contributed by atoms with Crippen molar-refractivity contribution in [2.45, 2.75) is 32.4 Å². The number of carbonyl (C=O) groups excluding carboxylic acids is 1. The Kier molecular flexibility index (Phi) is 5.60. The first-order valence-electron chi connectivity index (χ1n) is 8.82. The van der Waals surface area contributed by atoms with E-state index >= 15 is 0 Å². The molecule has 1 unspecified atom stereocenters. The van der Waals surface area contributed by atoms with E-state index in [0.717, 1.165) is 44.8 Å². The summed E-state index contributed by atoms with van der Waals surface area (Å²) in [6.07, 6.45) is 5.40. The topological polar surface area (TPSA) is 75.4 Å². The molecule has 0 spiro atoms. The molecule has 1 atom stereocenters. The Bertz CT molecular complexity index is 706. The zero-order chi connectivity index (χ0) is 17.6. The first-order valence-corrected chi connectivity index (χ1v) is 8.82. The van der Waals surface area contributed by atoms with E-state index in [1.165, 1.54) is 11.8 Å². The van der Waals surface area contributed by atoms with E-state index in [1.807, 2.05) is 0 Å². The average molecular weight is 339 g/mol. The zero-order valence-corrected chi connectivity index (χ0v) is 14.6. The van der Waals surface area contributed by atoms with Crippen LogP contribution in [0.1, 0.15) is 35.8 Å². The largest absolute Gasteiger partial charge is 0.364 e. The van der Waals surface area contributed by atoms with Crippen LogP contribution in [0.2, 0.25) is 0 Å². The third kappa shape index (κ3) is 4.33. The van der Waals surface area contributed by atoms with E-state index in [2.05, 4.69) is 57.0 Å². The van der Waals surface area contributed by atoms with Gasteiger partial charge in [0.05, 0.1) is 12.4 Å². The smallest absolute Gasteiger partial charge is 0.268 e. The lowest BCUT2D eigenvalue weighted by atomic mass is 10.1. The van der Waals surface area contributed by atoms with Crippen LogP contribution in [-0.4, -0.2) is 46.5 Å². The molecule has 25 heavy (non-hydrogen) atoms. The SMILES string of the molecule is CCCC1CN(c2cncc(C(N)=O)n2)CCN1Cc1ccccc1. The van der Waals surface area contributed by atoms with E-state index in [9.17, 15) is 4.79 Å². The van der Waals surface area contributed by atoms with Crippen LogP contribution < -0.4 is 10.6 Å². The Morgan fingerprint density at radius 2 is 2.04 bits per heavy atom. The van der Waals surface area contributed by atoms with Crippen molar-refractivity contribution in [1.29, 1.82) is 0 Å². The lowest BCUT2D eigenvalue weighted by molar-refractivity contribution is 0.0995. The lowest BCUT2D eigenvalue weighted by Gasteiger charge is -2.42. The summed E-state index contributed by atoms with van der Waals surface area (Å²) in [4.78, 5) is 24.6. The van der Waals surface area contributed by atoms with Gasteiger partial charge in [0.2, 0.25) is 0 Å². The second kappa shape index (κ2) is 8.07. The van der Waals surface area contributed by atoms with Crippen molar-refractivity contribution < 1.29 is 4.79 Å². The summed E-state index contributed by atoms with van der Waals surface area (Å²) in [5.41, 5.74) is 6.89. The predicted octanol–water partition coefficient (Wildman–Crippen LogP) is 2.07. The van der Waals surface area contributed by atoms with Gasteiger partial charge in [0.25, 0.3) is 5.91 Å². The molecule has 0 saturated carbocycles. The summed E-state index contributed by atoms with van der Waals surface area (Å²) in [6.45, 7) is 5.89. The van der Waals surface area contributed by atoms with Gasteiger partial charge in [-0.2, -0.15) is 0 Å². The van der Waals surface area contributed by atoms with E-state index < -0.39 is 5.91 Å². The van der Waals surface area contributed by atoms with Crippen molar-refractivity contribution in [2.75, 3.05) is 24.5 Å². The number of primary amides is 1. The highest BCUT2D eigenvalue weighted by Gasteiger charge is 2.27. The van der Waals surface area contributed by atoms with Gasteiger partial charge in [-0.1, -0.05) is 43.7 Å². The molecule has 0 radical (unpaired) electrons. The molecular weight excluding hydrogens is 314 g/mol. The summed E-state index contributed by atoms with van der Waals surface area (Å²) in [5, 5.41) is 0. The van der Waals surface area contributed by atoms with Crippen molar-refractivity contribution in [3.8, 4) is 0 Å². The van der Waals surface area contributed by atoms with Crippen LogP contribution in [0.5, 0.6) is 0 Å². The Balaban J connectivity index is 1.72. The van der Waals surface area contributed by atoms with Crippen LogP contribution in [0.3, 0.4) is 0 Å². The molecule has 3 rings (SSSR count). The normalized spacial score (nSPS) is 18.3. The van der Waals surface area contributed by atoms with Crippen LogP contribution in [0.4, 0.5) is 5.82 Å². The van der Waals surface area contributed by atoms with Gasteiger partial charge in [-0.05, 0) is 12.0 Å². The monoisotopic (exact) mass is 339 g/mol. The van der Waals surface area contributed by atoms with Crippen molar-refractivity contribution in [3.63, 3.8) is 0 Å². The number of carbonyl (C=O) groups is 1. The van der Waals surface area contributed by atoms with Crippen molar-refractivity contribution in [2.24, 2.45) is 5.73 Å². The molecule has 1 aliphatic heterocycles. The van der Waals surface area contributed by atoms with Crippen molar-refractivity contribution in [1.82, 2.24) is 14.9 Å². The van der Waals surface area contributed by atoms with E-state index in [4.69, 9.17) is 5.73 Å². The minimum Gasteiger partial charge on any atom is -0.364 e. The highest BCUT2D eigenvalue weighted by Crippen LogP contribution is 2.21. The van der Waals surface area contributed by atoms with Crippen LogP contribution in [0, 0.1) is 0 Å². The summed E-state index contributed by atoms with van der Waals surface area (Å²) in [7, 11) is 0. The first-order chi connectivity index (χ1) is 12.2. The Hall–Kier alpha value is -2.47. The Morgan fingerprint density at radius 3 is 2.76 bits per heavy atom. The number of rotatable bonds is 6. The molecule has 6 nitrogen and oxygen atoms in total. The molecule has 0 aliphatic carbocycles. The molecule has 2 aromatic rings. The zero-order valence-electron chi connectivity index (χ0n) is 14.6. The van der Waals surface area contributed by atoms with Crippen molar-refractivity contribution >= 4 is 11.7 Å². The number of anilines is 1. The summed E-state index contributed by atoms with van der Waals surface area (Å²) in [5.74, 6) is 0.193. The maximum Gasteiger partial charge on any atom is 0.268 e. The first kappa shape index (κ1) is 17.4. The molecule has 132 valence electrons. The van der Waals surface area contributed by atoms with Gasteiger partial charge in [-0.3, -0.25) is 14.7 Å². The van der Waals surface area contributed by atoms with Crippen LogP contribution in [0.25, 0.3) is 0 Å². The summed E-state index contributed by atoms with van der Waals surface area (Å²) in [6, 6.07) is 11.0. The molecule has 2 heterocycles. The molecule has 2 N–H and O–H groups in total. The molecule has 1 saturated heterocycles. The summed E-state index contributed by atoms with van der Waals surface area (Å²) >= 11 is 0. The second-order valence-electron chi connectivity index (χ2n) is 6.47. The fraction of sp³-hybridized carbons (Fsp3) is 0.421. The van der Waals surface area contributed by atoms with E-state index in [1.54, 1.807) is 6.20 Å². The number of piperazine rings is 1. The maximum absolute atomic E-state index is 11.4. The van der Waals surface area contributed by atoms with Crippen molar-refractivity contribution in [3.05, 3.63) is 54.0 Å². The molecule has 1 aliphatic rings. The molecule has 1 amide bonds. The van der Waals surface area contributed by atoms with Crippen LogP contribution in [-0.2, 0) is 6.54 Å². The quantitative estimate of drug-likeness (QED) is 0.872. The highest BCUT2D eigenvalue weighted by atomic mass is 16.1. The summed E-state index contributed by atoms with van der Waals surface area (Å²) < 4.78 is 0. The fourth-order valence-corrected chi connectivity index (χ4v) is 3.36. The third-order valence-electron chi connectivity index (χ3n) is 4.65. The lowest BCUT2D eigenvalue weighted by Crippen LogP contribution is -2.53. The van der Waals surface area contributed by atoms with E-state index in [0.29, 0.717) is 6.04 Å². The fourth-order valence-electron chi connectivity index (χ4n) is 3.36. The average Bonchev–Trinajstić information content (AvgIpc) is 2.64. The molecule has 1 fully saturated rings.